The number of halogens is 2. The first-order valence-electron chi connectivity index (χ1n) is 8.22. The van der Waals surface area contributed by atoms with E-state index in [0.717, 1.165) is 30.7 Å². The van der Waals surface area contributed by atoms with Crippen molar-refractivity contribution in [2.24, 2.45) is 0 Å². The van der Waals surface area contributed by atoms with E-state index >= 15 is 0 Å². The molecule has 2 unspecified atom stereocenters. The van der Waals surface area contributed by atoms with E-state index in [4.69, 9.17) is 27.9 Å². The Morgan fingerprint density at radius 1 is 1.21 bits per heavy atom. The van der Waals surface area contributed by atoms with Crippen molar-refractivity contribution in [3.63, 3.8) is 0 Å². The van der Waals surface area contributed by atoms with Crippen LogP contribution in [0.25, 0.3) is 0 Å². The number of ether oxygens (including phenoxy) is 1. The number of rotatable bonds is 5. The highest BCUT2D eigenvalue weighted by atomic mass is 35.5. The summed E-state index contributed by atoms with van der Waals surface area (Å²) in [7, 11) is 1.64. The molecule has 1 aliphatic rings. The molecular weight excluding hydrogens is 343 g/mol. The molecule has 0 bridgehead atoms. The van der Waals surface area contributed by atoms with Gasteiger partial charge in [-0.25, -0.2) is 0 Å². The van der Waals surface area contributed by atoms with Gasteiger partial charge in [0.15, 0.2) is 0 Å². The SMILES string of the molecule is COc1cc(Cl)cc(Cl)c1CNC1CCCNC1c1ccccc1. The molecule has 0 aromatic heterocycles. The highest BCUT2D eigenvalue weighted by molar-refractivity contribution is 6.35. The van der Waals surface area contributed by atoms with Gasteiger partial charge in [-0.2, -0.15) is 0 Å². The fourth-order valence-corrected chi connectivity index (χ4v) is 3.83. The topological polar surface area (TPSA) is 33.3 Å². The first kappa shape index (κ1) is 17.6. The zero-order valence-corrected chi connectivity index (χ0v) is 15.2. The first-order chi connectivity index (χ1) is 11.7. The van der Waals surface area contributed by atoms with Gasteiger partial charge in [0.05, 0.1) is 12.1 Å². The van der Waals surface area contributed by atoms with Gasteiger partial charge in [-0.15, -0.1) is 0 Å². The Morgan fingerprint density at radius 2 is 2.00 bits per heavy atom. The lowest BCUT2D eigenvalue weighted by molar-refractivity contribution is 0.303. The normalized spacial score (nSPS) is 20.8. The van der Waals surface area contributed by atoms with Crippen molar-refractivity contribution in [2.45, 2.75) is 31.5 Å². The summed E-state index contributed by atoms with van der Waals surface area (Å²) in [5.74, 6) is 0.722. The van der Waals surface area contributed by atoms with Gasteiger partial charge >= 0.3 is 0 Å². The zero-order chi connectivity index (χ0) is 16.9. The summed E-state index contributed by atoms with van der Waals surface area (Å²) in [6.07, 6.45) is 2.28. The molecule has 0 radical (unpaired) electrons. The number of piperidine rings is 1. The van der Waals surface area contributed by atoms with Crippen LogP contribution in [0.3, 0.4) is 0 Å². The summed E-state index contributed by atoms with van der Waals surface area (Å²) >= 11 is 12.4. The van der Waals surface area contributed by atoms with Crippen LogP contribution in [0.5, 0.6) is 5.75 Å². The monoisotopic (exact) mass is 364 g/mol. The molecule has 1 saturated heterocycles. The summed E-state index contributed by atoms with van der Waals surface area (Å²) in [5.41, 5.74) is 2.25. The number of hydrogen-bond acceptors (Lipinski definition) is 3. The van der Waals surface area contributed by atoms with Crippen LogP contribution in [0.2, 0.25) is 10.0 Å². The lowest BCUT2D eigenvalue weighted by Crippen LogP contribution is -2.45. The van der Waals surface area contributed by atoms with Gasteiger partial charge in [-0.1, -0.05) is 53.5 Å². The number of hydrogen-bond donors (Lipinski definition) is 2. The van der Waals surface area contributed by atoms with Gasteiger partial charge in [0.1, 0.15) is 5.75 Å². The first-order valence-corrected chi connectivity index (χ1v) is 8.98. The number of nitrogens with one attached hydrogen (secondary N) is 2. The van der Waals surface area contributed by atoms with Gasteiger partial charge in [0.2, 0.25) is 0 Å². The van der Waals surface area contributed by atoms with Crippen LogP contribution in [0.15, 0.2) is 42.5 Å². The Kier molecular flexibility index (Phi) is 6.01. The Bertz CT molecular complexity index is 679. The Labute approximate surface area is 153 Å². The molecule has 2 aromatic rings. The molecule has 0 spiro atoms. The van der Waals surface area contributed by atoms with Crippen LogP contribution in [0.4, 0.5) is 0 Å². The summed E-state index contributed by atoms with van der Waals surface area (Å²) in [6.45, 7) is 1.69. The molecule has 1 fully saturated rings. The summed E-state index contributed by atoms with van der Waals surface area (Å²) in [5, 5.41) is 8.49. The van der Waals surface area contributed by atoms with Crippen molar-refractivity contribution in [1.29, 1.82) is 0 Å². The van der Waals surface area contributed by atoms with E-state index in [-0.39, 0.29) is 0 Å². The molecule has 0 amide bonds. The second kappa shape index (κ2) is 8.21. The van der Waals surface area contributed by atoms with E-state index in [1.807, 2.05) is 6.07 Å². The second-order valence-corrected chi connectivity index (χ2v) is 6.88. The van der Waals surface area contributed by atoms with Crippen LogP contribution in [0.1, 0.15) is 30.0 Å². The summed E-state index contributed by atoms with van der Waals surface area (Å²) in [6, 6.07) is 14.8. The molecule has 2 aromatic carbocycles. The third-order valence-corrected chi connectivity index (χ3v) is 5.05. The van der Waals surface area contributed by atoms with Crippen molar-refractivity contribution in [3.8, 4) is 5.75 Å². The Balaban J connectivity index is 1.75. The summed E-state index contributed by atoms with van der Waals surface area (Å²) < 4.78 is 5.43. The van der Waals surface area contributed by atoms with Gasteiger partial charge in [-0.05, 0) is 37.1 Å². The molecule has 0 saturated carbocycles. The van der Waals surface area contributed by atoms with E-state index in [0.29, 0.717) is 28.7 Å². The van der Waals surface area contributed by atoms with E-state index in [2.05, 4.69) is 34.9 Å². The minimum atomic E-state index is 0.303. The van der Waals surface area contributed by atoms with Gasteiger partial charge in [0, 0.05) is 29.2 Å². The van der Waals surface area contributed by atoms with Crippen LogP contribution >= 0.6 is 23.2 Å². The molecular formula is C19H22Cl2N2O. The molecule has 3 nitrogen and oxygen atoms in total. The third-order valence-electron chi connectivity index (χ3n) is 4.50. The number of methoxy groups -OCH3 is 1. The third kappa shape index (κ3) is 4.04. The standard InChI is InChI=1S/C19H22Cl2N2O/c1-24-18-11-14(20)10-16(21)15(18)12-23-17-8-5-9-22-19(17)13-6-3-2-4-7-13/h2-4,6-7,10-11,17,19,22-23H,5,8-9,12H2,1H3. The molecule has 128 valence electrons. The van der Waals surface area contributed by atoms with E-state index < -0.39 is 0 Å². The van der Waals surface area contributed by atoms with Gasteiger partial charge in [0.25, 0.3) is 0 Å². The van der Waals surface area contributed by atoms with E-state index in [9.17, 15) is 0 Å². The molecule has 1 aliphatic heterocycles. The smallest absolute Gasteiger partial charge is 0.126 e. The minimum Gasteiger partial charge on any atom is -0.496 e. The maximum atomic E-state index is 6.36. The predicted octanol–water partition coefficient (Wildman–Crippen LogP) is 4.58. The highest BCUT2D eigenvalue weighted by Crippen LogP contribution is 2.31. The largest absolute Gasteiger partial charge is 0.496 e. The minimum absolute atomic E-state index is 0.303. The van der Waals surface area contributed by atoms with Gasteiger partial charge < -0.3 is 15.4 Å². The molecule has 2 N–H and O–H groups in total. The van der Waals surface area contributed by atoms with Gasteiger partial charge in [-0.3, -0.25) is 0 Å². The molecule has 2 atom stereocenters. The molecule has 3 rings (SSSR count). The Morgan fingerprint density at radius 3 is 2.75 bits per heavy atom. The maximum absolute atomic E-state index is 6.36. The number of benzene rings is 2. The molecule has 5 heteroatoms. The van der Waals surface area contributed by atoms with Crippen molar-refractivity contribution in [3.05, 3.63) is 63.6 Å². The van der Waals surface area contributed by atoms with E-state index in [1.54, 1.807) is 19.2 Å². The predicted molar refractivity (Wildman–Crippen MR) is 100 cm³/mol. The zero-order valence-electron chi connectivity index (χ0n) is 13.7. The van der Waals surface area contributed by atoms with Crippen LogP contribution in [-0.4, -0.2) is 19.7 Å². The lowest BCUT2D eigenvalue weighted by Gasteiger charge is -2.34. The highest BCUT2D eigenvalue weighted by Gasteiger charge is 2.26. The van der Waals surface area contributed by atoms with E-state index in [1.165, 1.54) is 5.56 Å². The second-order valence-electron chi connectivity index (χ2n) is 6.04. The van der Waals surface area contributed by atoms with Crippen LogP contribution in [-0.2, 0) is 6.54 Å². The Hall–Kier alpha value is -1.26. The van der Waals surface area contributed by atoms with Crippen LogP contribution < -0.4 is 15.4 Å². The fourth-order valence-electron chi connectivity index (χ4n) is 3.29. The van der Waals surface area contributed by atoms with Crippen molar-refractivity contribution < 1.29 is 4.74 Å². The maximum Gasteiger partial charge on any atom is 0.126 e. The average molecular weight is 365 g/mol. The lowest BCUT2D eigenvalue weighted by atomic mass is 9.92. The van der Waals surface area contributed by atoms with Crippen molar-refractivity contribution in [1.82, 2.24) is 10.6 Å². The summed E-state index contributed by atoms with van der Waals surface area (Å²) in [4.78, 5) is 0. The van der Waals surface area contributed by atoms with Crippen molar-refractivity contribution >= 4 is 23.2 Å². The fraction of sp³-hybridized carbons (Fsp3) is 0.368. The molecule has 0 aliphatic carbocycles. The van der Waals surface area contributed by atoms with Crippen molar-refractivity contribution in [2.75, 3.05) is 13.7 Å². The quantitative estimate of drug-likeness (QED) is 0.814. The van der Waals surface area contributed by atoms with Crippen LogP contribution in [0, 0.1) is 0 Å². The average Bonchev–Trinajstić information content (AvgIpc) is 2.61. The molecule has 1 heterocycles. The molecule has 24 heavy (non-hydrogen) atoms.